The predicted molar refractivity (Wildman–Crippen MR) is 137 cm³/mol. The summed E-state index contributed by atoms with van der Waals surface area (Å²) < 4.78 is 39.3. The minimum atomic E-state index is -3.43. The first kappa shape index (κ1) is 29.6. The predicted octanol–water partition coefficient (Wildman–Crippen LogP) is 0.886. The van der Waals surface area contributed by atoms with Crippen LogP contribution in [0.1, 0.15) is 24.0 Å². The van der Waals surface area contributed by atoms with Gasteiger partial charge in [-0.2, -0.15) is 0 Å². The van der Waals surface area contributed by atoms with Crippen LogP contribution in [0.25, 0.3) is 0 Å². The second-order valence-corrected chi connectivity index (χ2v) is 11.3. The first-order chi connectivity index (χ1) is 18.3. The summed E-state index contributed by atoms with van der Waals surface area (Å²) in [4.78, 5) is 37.6. The van der Waals surface area contributed by atoms with E-state index < -0.39 is 38.2 Å². The van der Waals surface area contributed by atoms with E-state index in [0.29, 0.717) is 17.1 Å². The third kappa shape index (κ3) is 6.55. The zero-order valence-corrected chi connectivity index (χ0v) is 22.4. The Balaban J connectivity index is 1.77. The summed E-state index contributed by atoms with van der Waals surface area (Å²) in [6.07, 6.45) is 0.937. The average Bonchev–Trinajstić information content (AvgIpc) is 3.21. The Morgan fingerprint density at radius 1 is 1.23 bits per heavy atom. The van der Waals surface area contributed by atoms with Gasteiger partial charge in [0.25, 0.3) is 11.6 Å². The van der Waals surface area contributed by atoms with E-state index in [2.05, 4.69) is 0 Å². The molecule has 2 atom stereocenters. The summed E-state index contributed by atoms with van der Waals surface area (Å²) in [5.74, 6) is -1.02. The maximum atomic E-state index is 13.3. The highest BCUT2D eigenvalue weighted by Crippen LogP contribution is 2.36. The third-order valence-electron chi connectivity index (χ3n) is 6.49. The van der Waals surface area contributed by atoms with Crippen LogP contribution in [0, 0.1) is 10.1 Å². The quantitative estimate of drug-likeness (QED) is 0.187. The minimum absolute atomic E-state index is 0.0679. The molecule has 1 aliphatic heterocycles. The number of nitrogens with one attached hydrogen (secondary N) is 1. The molecule has 15 heteroatoms. The van der Waals surface area contributed by atoms with Crippen LogP contribution in [0.15, 0.2) is 36.4 Å². The van der Waals surface area contributed by atoms with E-state index in [4.69, 9.17) is 25.2 Å². The first-order valence-electron chi connectivity index (χ1n) is 11.7. The lowest BCUT2D eigenvalue weighted by atomic mass is 9.89. The molecular weight excluding hydrogens is 536 g/mol. The van der Waals surface area contributed by atoms with Crippen molar-refractivity contribution in [2.75, 3.05) is 32.8 Å². The molecule has 3 rings (SSSR count). The molecule has 2 amide bonds. The van der Waals surface area contributed by atoms with Crippen molar-refractivity contribution in [2.45, 2.75) is 31.0 Å². The van der Waals surface area contributed by atoms with Crippen molar-refractivity contribution >= 4 is 27.3 Å². The summed E-state index contributed by atoms with van der Waals surface area (Å²) in [5.41, 5.74) is 6.90. The van der Waals surface area contributed by atoms with Gasteiger partial charge in [-0.25, -0.2) is 13.9 Å². The Hall–Kier alpha value is -3.95. The summed E-state index contributed by atoms with van der Waals surface area (Å²) >= 11 is 0. The lowest BCUT2D eigenvalue weighted by Crippen LogP contribution is -2.52. The van der Waals surface area contributed by atoms with Crippen LogP contribution in [0.5, 0.6) is 17.2 Å². The number of sulfone groups is 1. The highest BCUT2D eigenvalue weighted by Gasteiger charge is 2.48. The molecule has 1 saturated heterocycles. The molecule has 0 aromatic heterocycles. The van der Waals surface area contributed by atoms with Gasteiger partial charge in [0.1, 0.15) is 33.8 Å². The molecule has 2 aromatic rings. The molecule has 212 valence electrons. The van der Waals surface area contributed by atoms with Crippen LogP contribution in [-0.2, 0) is 31.6 Å². The van der Waals surface area contributed by atoms with Gasteiger partial charge >= 0.3 is 0 Å². The van der Waals surface area contributed by atoms with Gasteiger partial charge < -0.3 is 24.8 Å². The Labute approximate surface area is 224 Å². The number of nitro benzene ring substituents is 1. The molecule has 2 aromatic carbocycles. The van der Waals surface area contributed by atoms with Crippen LogP contribution in [0.4, 0.5) is 5.69 Å². The molecule has 0 spiro atoms. The van der Waals surface area contributed by atoms with Crippen molar-refractivity contribution in [3.05, 3.63) is 57.6 Å². The SMILES string of the molecule is COc1cc(COc2ccc(C3(N)CCN(C(CCS(C)(=O)=O)C(=O)NO)C3=O)cc2)c([N+](=O)[O-])cc1OC. The Morgan fingerprint density at radius 3 is 2.38 bits per heavy atom. The van der Waals surface area contributed by atoms with Crippen LogP contribution in [0.2, 0.25) is 0 Å². The normalized spacial score (nSPS) is 18.0. The average molecular weight is 567 g/mol. The molecular formula is C24H30N4O10S. The molecule has 0 saturated carbocycles. The van der Waals surface area contributed by atoms with Gasteiger partial charge in [0.2, 0.25) is 5.91 Å². The van der Waals surface area contributed by atoms with Gasteiger partial charge in [-0.05, 0) is 36.6 Å². The number of hydrogen-bond donors (Lipinski definition) is 3. The lowest BCUT2D eigenvalue weighted by Gasteiger charge is -2.29. The smallest absolute Gasteiger partial charge is 0.280 e. The largest absolute Gasteiger partial charge is 0.493 e. The second kappa shape index (κ2) is 11.8. The number of ether oxygens (including phenoxy) is 3. The van der Waals surface area contributed by atoms with Crippen molar-refractivity contribution in [3.8, 4) is 17.2 Å². The van der Waals surface area contributed by atoms with Gasteiger partial charge in [-0.3, -0.25) is 24.9 Å². The minimum Gasteiger partial charge on any atom is -0.493 e. The Kier molecular flexibility index (Phi) is 8.99. The van der Waals surface area contributed by atoms with Crippen LogP contribution >= 0.6 is 0 Å². The van der Waals surface area contributed by atoms with E-state index in [1.807, 2.05) is 0 Å². The molecule has 0 aliphatic carbocycles. The Morgan fingerprint density at radius 2 is 1.85 bits per heavy atom. The number of methoxy groups -OCH3 is 2. The van der Waals surface area contributed by atoms with Crippen molar-refractivity contribution < 1.29 is 42.3 Å². The Bertz CT molecular complexity index is 1350. The molecule has 14 nitrogen and oxygen atoms in total. The molecule has 39 heavy (non-hydrogen) atoms. The van der Waals surface area contributed by atoms with E-state index in [1.54, 1.807) is 24.3 Å². The molecule has 1 aliphatic rings. The van der Waals surface area contributed by atoms with Crippen molar-refractivity contribution in [1.82, 2.24) is 10.4 Å². The topological polar surface area (TPSA) is 201 Å². The molecule has 4 N–H and O–H groups in total. The fraction of sp³-hybridized carbons (Fsp3) is 0.417. The van der Waals surface area contributed by atoms with E-state index >= 15 is 0 Å². The summed E-state index contributed by atoms with van der Waals surface area (Å²) in [7, 11) is -0.652. The second-order valence-electron chi connectivity index (χ2n) is 9.04. The molecule has 1 fully saturated rings. The number of nitrogens with zero attached hydrogens (tertiary/aromatic N) is 2. The number of hydrogen-bond acceptors (Lipinski definition) is 11. The van der Waals surface area contributed by atoms with Gasteiger partial charge in [0.15, 0.2) is 11.5 Å². The standard InChI is InChI=1S/C24H30N4O10S/c1-36-20-12-15(19(28(32)33)13-21(20)37-2)14-38-17-6-4-16(5-7-17)24(25)9-10-27(23(24)30)18(22(29)26-31)8-11-39(3,34)35/h4-7,12-13,18,31H,8-11,14,25H2,1-3H3,(H,26,29). The highest BCUT2D eigenvalue weighted by molar-refractivity contribution is 7.90. The number of hydroxylamine groups is 1. The number of likely N-dealkylation sites (tertiary alicyclic amines) is 1. The van der Waals surface area contributed by atoms with E-state index in [0.717, 1.165) is 11.2 Å². The summed E-state index contributed by atoms with van der Waals surface area (Å²) in [5, 5.41) is 20.6. The lowest BCUT2D eigenvalue weighted by molar-refractivity contribution is -0.385. The molecule has 0 bridgehead atoms. The molecule has 1 heterocycles. The molecule has 0 radical (unpaired) electrons. The zero-order valence-electron chi connectivity index (χ0n) is 21.6. The van der Waals surface area contributed by atoms with Crippen LogP contribution in [0.3, 0.4) is 0 Å². The number of nitrogens with two attached hydrogens (primary N) is 1. The van der Waals surface area contributed by atoms with Crippen LogP contribution < -0.4 is 25.4 Å². The molecule has 2 unspecified atom stereocenters. The van der Waals surface area contributed by atoms with E-state index in [-0.39, 0.29) is 48.7 Å². The summed E-state index contributed by atoms with van der Waals surface area (Å²) in [6.45, 7) is -0.0901. The first-order valence-corrected chi connectivity index (χ1v) is 13.7. The monoisotopic (exact) mass is 566 g/mol. The van der Waals surface area contributed by atoms with Gasteiger partial charge in [0, 0.05) is 12.8 Å². The van der Waals surface area contributed by atoms with E-state index in [9.17, 15) is 28.1 Å². The zero-order chi connectivity index (χ0) is 29.0. The number of carbonyl (C=O) groups is 2. The van der Waals surface area contributed by atoms with Gasteiger partial charge in [-0.1, -0.05) is 12.1 Å². The number of rotatable bonds is 12. The van der Waals surface area contributed by atoms with E-state index in [1.165, 1.54) is 31.8 Å². The number of benzene rings is 2. The fourth-order valence-corrected chi connectivity index (χ4v) is 5.01. The fourth-order valence-electron chi connectivity index (χ4n) is 4.36. The van der Waals surface area contributed by atoms with Gasteiger partial charge in [0.05, 0.1) is 36.5 Å². The third-order valence-corrected chi connectivity index (χ3v) is 7.46. The van der Waals surface area contributed by atoms with Crippen molar-refractivity contribution in [2.24, 2.45) is 5.73 Å². The maximum absolute atomic E-state index is 13.3. The highest BCUT2D eigenvalue weighted by atomic mass is 32.2. The van der Waals surface area contributed by atoms with Crippen molar-refractivity contribution in [3.63, 3.8) is 0 Å². The maximum Gasteiger partial charge on any atom is 0.280 e. The number of nitro groups is 1. The number of amides is 2. The number of carbonyl (C=O) groups excluding carboxylic acids is 2. The van der Waals surface area contributed by atoms with Crippen LogP contribution in [-0.4, -0.2) is 74.1 Å². The van der Waals surface area contributed by atoms with Gasteiger partial charge in [-0.15, -0.1) is 0 Å². The summed E-state index contributed by atoms with van der Waals surface area (Å²) in [6, 6.07) is 7.71. The van der Waals surface area contributed by atoms with Crippen molar-refractivity contribution in [1.29, 1.82) is 0 Å².